The number of hydrogen-bond donors (Lipinski definition) is 3. The molecule has 0 radical (unpaired) electrons. The molecule has 9 heteroatoms. The number of rotatable bonds is 6. The van der Waals surface area contributed by atoms with E-state index >= 15 is 0 Å². The molecule has 0 atom stereocenters. The molecule has 29 heavy (non-hydrogen) atoms. The summed E-state index contributed by atoms with van der Waals surface area (Å²) in [7, 11) is 0. The molecule has 7 nitrogen and oxygen atoms in total. The summed E-state index contributed by atoms with van der Waals surface area (Å²) in [6, 6.07) is 11.0. The number of fused-ring (bicyclic) bond motifs is 1. The smallest absolute Gasteiger partial charge is 0.411 e. The number of imidazole rings is 1. The Bertz CT molecular complexity index is 1030. The highest BCUT2D eigenvalue weighted by atomic mass is 19.3. The first-order chi connectivity index (χ1) is 13.8. The predicted octanol–water partition coefficient (Wildman–Crippen LogP) is 4.96. The standard InChI is InChI=1S/C20H20F2N4O3/c1-11(2)10-29-20(28)24-14-5-3-4-13(9-14)23-19(27)12-6-7-15-16(8-12)26-18(25-15)17(21)22/h3-9,11,17H,10H2,1-2H3,(H,23,27)(H,24,28)(H,25,26). The first kappa shape index (κ1) is 20.2. The summed E-state index contributed by atoms with van der Waals surface area (Å²) in [6.07, 6.45) is -3.30. The zero-order valence-electron chi connectivity index (χ0n) is 15.8. The first-order valence-electron chi connectivity index (χ1n) is 8.95. The van der Waals surface area contributed by atoms with Gasteiger partial charge in [-0.15, -0.1) is 0 Å². The van der Waals surface area contributed by atoms with Crippen molar-refractivity contribution in [3.05, 3.63) is 53.9 Å². The number of nitrogens with zero attached hydrogens (tertiary/aromatic N) is 1. The van der Waals surface area contributed by atoms with E-state index in [0.717, 1.165) is 0 Å². The highest BCUT2D eigenvalue weighted by Gasteiger charge is 2.14. The van der Waals surface area contributed by atoms with Gasteiger partial charge in [0.25, 0.3) is 12.3 Å². The fraction of sp³-hybridized carbons (Fsp3) is 0.250. The lowest BCUT2D eigenvalue weighted by Crippen LogP contribution is -2.17. The van der Waals surface area contributed by atoms with E-state index in [0.29, 0.717) is 29.0 Å². The Kier molecular flexibility index (Phi) is 6.06. The SMILES string of the molecule is CC(C)COC(=O)Nc1cccc(NC(=O)c2ccc3nc(C(F)F)[nH]c3c2)c1. The Morgan fingerprint density at radius 3 is 2.52 bits per heavy atom. The number of carbonyl (C=O) groups excluding carboxylic acids is 2. The van der Waals surface area contributed by atoms with Crippen LogP contribution < -0.4 is 10.6 Å². The normalized spacial score (nSPS) is 11.1. The van der Waals surface area contributed by atoms with Crippen LogP contribution >= 0.6 is 0 Å². The van der Waals surface area contributed by atoms with Gasteiger partial charge in [-0.3, -0.25) is 10.1 Å². The Morgan fingerprint density at radius 2 is 1.83 bits per heavy atom. The number of nitrogens with one attached hydrogen (secondary N) is 3. The number of alkyl halides is 2. The number of halogens is 2. The minimum Gasteiger partial charge on any atom is -0.449 e. The number of amides is 2. The van der Waals surface area contributed by atoms with Crippen molar-refractivity contribution in [1.82, 2.24) is 9.97 Å². The zero-order valence-corrected chi connectivity index (χ0v) is 15.8. The van der Waals surface area contributed by atoms with E-state index in [1.807, 2.05) is 13.8 Å². The van der Waals surface area contributed by atoms with Gasteiger partial charge in [0.15, 0.2) is 5.82 Å². The van der Waals surface area contributed by atoms with Crippen LogP contribution in [0.25, 0.3) is 11.0 Å². The largest absolute Gasteiger partial charge is 0.449 e. The summed E-state index contributed by atoms with van der Waals surface area (Å²) in [5.41, 5.74) is 1.88. The molecule has 1 aromatic heterocycles. The van der Waals surface area contributed by atoms with Crippen molar-refractivity contribution in [2.45, 2.75) is 20.3 Å². The number of H-pyrrole nitrogens is 1. The number of aromatic nitrogens is 2. The summed E-state index contributed by atoms with van der Waals surface area (Å²) < 4.78 is 30.6. The predicted molar refractivity (Wildman–Crippen MR) is 105 cm³/mol. The molecule has 2 aromatic carbocycles. The molecule has 0 fully saturated rings. The fourth-order valence-corrected chi connectivity index (χ4v) is 2.55. The van der Waals surface area contributed by atoms with E-state index in [1.165, 1.54) is 18.2 Å². The average Bonchev–Trinajstić information content (AvgIpc) is 3.10. The lowest BCUT2D eigenvalue weighted by Gasteiger charge is -2.10. The van der Waals surface area contributed by atoms with Gasteiger partial charge < -0.3 is 15.0 Å². The van der Waals surface area contributed by atoms with Gasteiger partial charge in [0.1, 0.15) is 0 Å². The second-order valence-electron chi connectivity index (χ2n) is 6.81. The second kappa shape index (κ2) is 8.68. The summed E-state index contributed by atoms with van der Waals surface area (Å²) in [4.78, 5) is 30.5. The molecule has 0 aliphatic carbocycles. The van der Waals surface area contributed by atoms with Crippen LogP contribution in [0.15, 0.2) is 42.5 Å². The van der Waals surface area contributed by atoms with Gasteiger partial charge in [-0.25, -0.2) is 18.6 Å². The van der Waals surface area contributed by atoms with Crippen molar-refractivity contribution in [3.8, 4) is 0 Å². The monoisotopic (exact) mass is 402 g/mol. The van der Waals surface area contributed by atoms with Gasteiger partial charge >= 0.3 is 6.09 Å². The number of carbonyl (C=O) groups is 2. The first-order valence-corrected chi connectivity index (χ1v) is 8.95. The molecule has 2 amide bonds. The van der Waals surface area contributed by atoms with Crippen LogP contribution in [-0.4, -0.2) is 28.6 Å². The summed E-state index contributed by atoms with van der Waals surface area (Å²) in [5.74, 6) is -0.657. The van der Waals surface area contributed by atoms with Crippen LogP contribution in [0.3, 0.4) is 0 Å². The third-order valence-electron chi connectivity index (χ3n) is 3.88. The molecule has 3 N–H and O–H groups in total. The Balaban J connectivity index is 1.69. The Morgan fingerprint density at radius 1 is 1.10 bits per heavy atom. The lowest BCUT2D eigenvalue weighted by molar-refractivity contribution is 0.102. The summed E-state index contributed by atoms with van der Waals surface area (Å²) >= 11 is 0. The van der Waals surface area contributed by atoms with Crippen LogP contribution in [0.4, 0.5) is 25.0 Å². The highest BCUT2D eigenvalue weighted by molar-refractivity contribution is 6.06. The number of hydrogen-bond acceptors (Lipinski definition) is 4. The van der Waals surface area contributed by atoms with Crippen LogP contribution in [0, 0.1) is 5.92 Å². The summed E-state index contributed by atoms with van der Waals surface area (Å²) in [6.45, 7) is 4.16. The van der Waals surface area contributed by atoms with Crippen molar-refractivity contribution in [1.29, 1.82) is 0 Å². The third-order valence-corrected chi connectivity index (χ3v) is 3.88. The van der Waals surface area contributed by atoms with E-state index in [1.54, 1.807) is 24.3 Å². The molecule has 1 heterocycles. The van der Waals surface area contributed by atoms with Gasteiger partial charge in [-0.05, 0) is 42.3 Å². The number of anilines is 2. The molecular weight excluding hydrogens is 382 g/mol. The Hall–Kier alpha value is -3.49. The third kappa shape index (κ3) is 5.28. The zero-order chi connectivity index (χ0) is 21.0. The number of benzene rings is 2. The second-order valence-corrected chi connectivity index (χ2v) is 6.81. The topological polar surface area (TPSA) is 96.1 Å². The molecule has 0 saturated heterocycles. The number of ether oxygens (including phenoxy) is 1. The number of aromatic amines is 1. The minimum absolute atomic E-state index is 0.218. The molecular formula is C20H20F2N4O3. The Labute approximate surface area is 165 Å². The summed E-state index contributed by atoms with van der Waals surface area (Å²) in [5, 5.41) is 5.29. The van der Waals surface area contributed by atoms with E-state index in [-0.39, 0.29) is 11.5 Å². The molecule has 0 bridgehead atoms. The maximum absolute atomic E-state index is 12.8. The van der Waals surface area contributed by atoms with Crippen molar-refractivity contribution in [2.75, 3.05) is 17.2 Å². The fourth-order valence-electron chi connectivity index (χ4n) is 2.55. The van der Waals surface area contributed by atoms with E-state index < -0.39 is 24.3 Å². The van der Waals surface area contributed by atoms with Crippen molar-refractivity contribution >= 4 is 34.4 Å². The molecule has 0 saturated carbocycles. The molecule has 3 rings (SSSR count). The maximum atomic E-state index is 12.8. The van der Waals surface area contributed by atoms with Crippen molar-refractivity contribution < 1.29 is 23.1 Å². The molecule has 3 aromatic rings. The molecule has 0 unspecified atom stereocenters. The van der Waals surface area contributed by atoms with Crippen LogP contribution in [0.5, 0.6) is 0 Å². The van der Waals surface area contributed by atoms with E-state index in [9.17, 15) is 18.4 Å². The molecule has 0 aliphatic rings. The van der Waals surface area contributed by atoms with Crippen molar-refractivity contribution in [3.63, 3.8) is 0 Å². The minimum atomic E-state index is -2.72. The molecule has 152 valence electrons. The van der Waals surface area contributed by atoms with Gasteiger partial charge in [0.2, 0.25) is 0 Å². The van der Waals surface area contributed by atoms with Gasteiger partial charge in [0.05, 0.1) is 17.6 Å². The maximum Gasteiger partial charge on any atom is 0.411 e. The van der Waals surface area contributed by atoms with Crippen LogP contribution in [-0.2, 0) is 4.74 Å². The molecule has 0 aliphatic heterocycles. The van der Waals surface area contributed by atoms with Crippen LogP contribution in [0.1, 0.15) is 36.5 Å². The highest BCUT2D eigenvalue weighted by Crippen LogP contribution is 2.22. The quantitative estimate of drug-likeness (QED) is 0.543. The van der Waals surface area contributed by atoms with E-state index in [2.05, 4.69) is 20.6 Å². The molecule has 0 spiro atoms. The van der Waals surface area contributed by atoms with Gasteiger partial charge in [-0.1, -0.05) is 19.9 Å². The van der Waals surface area contributed by atoms with Gasteiger partial charge in [-0.2, -0.15) is 0 Å². The van der Waals surface area contributed by atoms with E-state index in [4.69, 9.17) is 4.74 Å². The van der Waals surface area contributed by atoms with Gasteiger partial charge in [0, 0.05) is 16.9 Å². The van der Waals surface area contributed by atoms with Crippen molar-refractivity contribution in [2.24, 2.45) is 5.92 Å². The lowest BCUT2D eigenvalue weighted by atomic mass is 10.2. The van der Waals surface area contributed by atoms with Crippen LogP contribution in [0.2, 0.25) is 0 Å². The average molecular weight is 402 g/mol.